The Morgan fingerprint density at radius 2 is 2.00 bits per heavy atom. The van der Waals surface area contributed by atoms with E-state index in [4.69, 9.17) is 0 Å². The number of carbonyl (C=O) groups is 1. The van der Waals surface area contributed by atoms with Crippen LogP contribution in [0, 0.1) is 0 Å². The van der Waals surface area contributed by atoms with Crippen LogP contribution in [0.2, 0.25) is 0 Å². The lowest BCUT2D eigenvalue weighted by Crippen LogP contribution is -2.19. The highest BCUT2D eigenvalue weighted by Crippen LogP contribution is 2.30. The monoisotopic (exact) mass is 273 g/mol. The van der Waals surface area contributed by atoms with Gasteiger partial charge in [0.25, 0.3) is 5.91 Å². The molecule has 3 nitrogen and oxygen atoms in total. The number of alkyl halides is 3. The van der Waals surface area contributed by atoms with Crippen molar-refractivity contribution in [3.63, 3.8) is 0 Å². The van der Waals surface area contributed by atoms with Crippen LogP contribution in [0.3, 0.4) is 0 Å². The van der Waals surface area contributed by atoms with Gasteiger partial charge in [-0.15, -0.1) is 13.2 Å². The van der Waals surface area contributed by atoms with Gasteiger partial charge in [-0.05, 0) is 25.5 Å². The molecule has 0 fully saturated rings. The van der Waals surface area contributed by atoms with Gasteiger partial charge in [0.1, 0.15) is 0 Å². The van der Waals surface area contributed by atoms with Crippen LogP contribution in [0.1, 0.15) is 20.3 Å². The molecule has 0 bridgehead atoms. The van der Waals surface area contributed by atoms with Gasteiger partial charge in [-0.1, -0.05) is 25.1 Å². The first-order chi connectivity index (χ1) is 8.83. The number of halogens is 3. The number of amides is 1. The Bertz CT molecular complexity index is 481. The highest BCUT2D eigenvalue weighted by molar-refractivity contribution is 6.04. The highest BCUT2D eigenvalue weighted by Gasteiger charge is 2.32. The largest absolute Gasteiger partial charge is 0.573 e. The van der Waals surface area contributed by atoms with Crippen LogP contribution in [0.5, 0.6) is 5.75 Å². The van der Waals surface area contributed by atoms with E-state index in [1.54, 1.807) is 13.0 Å². The topological polar surface area (TPSA) is 38.3 Å². The molecule has 0 radical (unpaired) electrons. The molecular formula is C13H14F3NO2. The van der Waals surface area contributed by atoms with Crippen molar-refractivity contribution in [1.29, 1.82) is 0 Å². The molecule has 104 valence electrons. The zero-order chi connectivity index (χ0) is 14.5. The Kier molecular flexibility index (Phi) is 4.97. The highest BCUT2D eigenvalue weighted by atomic mass is 19.4. The van der Waals surface area contributed by atoms with Gasteiger partial charge in [0.2, 0.25) is 0 Å². The number of rotatable bonds is 4. The van der Waals surface area contributed by atoms with Gasteiger partial charge in [0, 0.05) is 5.57 Å². The van der Waals surface area contributed by atoms with E-state index in [0.29, 0.717) is 12.0 Å². The van der Waals surface area contributed by atoms with E-state index in [-0.39, 0.29) is 5.69 Å². The second-order valence-electron chi connectivity index (χ2n) is 3.79. The number of ether oxygens (including phenoxy) is 1. The fourth-order valence-corrected chi connectivity index (χ4v) is 1.40. The summed E-state index contributed by atoms with van der Waals surface area (Å²) < 4.78 is 40.4. The lowest BCUT2D eigenvalue weighted by molar-refractivity contribution is -0.274. The van der Waals surface area contributed by atoms with Crippen LogP contribution in [0.4, 0.5) is 18.9 Å². The van der Waals surface area contributed by atoms with Gasteiger partial charge in [-0.3, -0.25) is 4.79 Å². The minimum Gasteiger partial charge on any atom is -0.404 e. The first kappa shape index (κ1) is 15.1. The van der Waals surface area contributed by atoms with Crippen molar-refractivity contribution in [3.8, 4) is 5.75 Å². The van der Waals surface area contributed by atoms with Gasteiger partial charge >= 0.3 is 6.36 Å². The summed E-state index contributed by atoms with van der Waals surface area (Å²) in [7, 11) is 0. The van der Waals surface area contributed by atoms with Crippen LogP contribution < -0.4 is 10.1 Å². The molecule has 1 N–H and O–H groups in total. The predicted molar refractivity (Wildman–Crippen MR) is 65.8 cm³/mol. The number of benzene rings is 1. The summed E-state index contributed by atoms with van der Waals surface area (Å²) in [6.45, 7) is 3.45. The fraction of sp³-hybridized carbons (Fsp3) is 0.308. The zero-order valence-corrected chi connectivity index (χ0v) is 10.5. The van der Waals surface area contributed by atoms with Crippen molar-refractivity contribution in [2.24, 2.45) is 0 Å². The molecule has 1 aromatic carbocycles. The molecular weight excluding hydrogens is 259 g/mol. The number of hydrogen-bond acceptors (Lipinski definition) is 2. The average molecular weight is 273 g/mol. The molecule has 0 saturated carbocycles. The van der Waals surface area contributed by atoms with Crippen molar-refractivity contribution in [3.05, 3.63) is 35.9 Å². The lowest BCUT2D eigenvalue weighted by Gasteiger charge is -2.13. The van der Waals surface area contributed by atoms with Crippen molar-refractivity contribution < 1.29 is 22.7 Å². The lowest BCUT2D eigenvalue weighted by atomic mass is 10.2. The fourth-order valence-electron chi connectivity index (χ4n) is 1.40. The quantitative estimate of drug-likeness (QED) is 0.845. The molecule has 0 aromatic heterocycles. The Balaban J connectivity index is 2.90. The second-order valence-corrected chi connectivity index (χ2v) is 3.79. The molecule has 0 spiro atoms. The van der Waals surface area contributed by atoms with Gasteiger partial charge in [0.15, 0.2) is 5.75 Å². The third-order valence-electron chi connectivity index (χ3n) is 2.23. The number of para-hydroxylation sites is 2. The van der Waals surface area contributed by atoms with Crippen LogP contribution in [-0.4, -0.2) is 12.3 Å². The van der Waals surface area contributed by atoms with Gasteiger partial charge in [-0.25, -0.2) is 0 Å². The van der Waals surface area contributed by atoms with Crippen molar-refractivity contribution in [2.45, 2.75) is 26.6 Å². The summed E-state index contributed by atoms with van der Waals surface area (Å²) >= 11 is 0. The summed E-state index contributed by atoms with van der Waals surface area (Å²) in [5.74, 6) is -0.896. The smallest absolute Gasteiger partial charge is 0.404 e. The van der Waals surface area contributed by atoms with Gasteiger partial charge < -0.3 is 10.1 Å². The Morgan fingerprint density at radius 3 is 2.58 bits per heavy atom. The molecule has 19 heavy (non-hydrogen) atoms. The normalized spacial score (nSPS) is 12.2. The summed E-state index contributed by atoms with van der Waals surface area (Å²) in [5.41, 5.74) is 0.415. The number of anilines is 1. The number of nitrogens with one attached hydrogen (secondary N) is 1. The molecule has 1 aromatic rings. The van der Waals surface area contributed by atoms with E-state index in [9.17, 15) is 18.0 Å². The SMILES string of the molecule is CCC=C(C)C(=O)Nc1ccccc1OC(F)(F)F. The van der Waals surface area contributed by atoms with Gasteiger partial charge in [-0.2, -0.15) is 0 Å². The van der Waals surface area contributed by atoms with Crippen LogP contribution in [-0.2, 0) is 4.79 Å². The first-order valence-electron chi connectivity index (χ1n) is 5.66. The second kappa shape index (κ2) is 6.26. The molecule has 0 aliphatic rings. The van der Waals surface area contributed by atoms with E-state index in [1.165, 1.54) is 18.2 Å². The standard InChI is InChI=1S/C13H14F3NO2/c1-3-6-9(2)12(18)17-10-7-4-5-8-11(10)19-13(14,15)16/h4-8H,3H2,1-2H3,(H,17,18). The minimum atomic E-state index is -4.80. The molecule has 6 heteroatoms. The molecule has 0 unspecified atom stereocenters. The van der Waals surface area contributed by atoms with Crippen molar-refractivity contribution >= 4 is 11.6 Å². The third kappa shape index (κ3) is 5.03. The Morgan fingerprint density at radius 1 is 1.37 bits per heavy atom. The maximum absolute atomic E-state index is 12.2. The molecule has 1 rings (SSSR count). The molecule has 1 amide bonds. The van der Waals surface area contributed by atoms with E-state index >= 15 is 0 Å². The van der Waals surface area contributed by atoms with E-state index in [2.05, 4.69) is 10.1 Å². The van der Waals surface area contributed by atoms with E-state index in [1.807, 2.05) is 6.92 Å². The molecule has 0 saturated heterocycles. The summed E-state index contributed by atoms with van der Waals surface area (Å²) in [6, 6.07) is 5.39. The predicted octanol–water partition coefficient (Wildman–Crippen LogP) is 3.88. The molecule has 0 aliphatic heterocycles. The van der Waals surface area contributed by atoms with Crippen LogP contribution in [0.25, 0.3) is 0 Å². The summed E-state index contributed by atoms with van der Waals surface area (Å²) in [6.07, 6.45) is -2.45. The summed E-state index contributed by atoms with van der Waals surface area (Å²) in [5, 5.41) is 2.39. The average Bonchev–Trinajstić information content (AvgIpc) is 2.30. The number of allylic oxidation sites excluding steroid dienone is 1. The number of hydrogen-bond donors (Lipinski definition) is 1. The summed E-state index contributed by atoms with van der Waals surface area (Å²) in [4.78, 5) is 11.7. The number of carbonyl (C=O) groups excluding carboxylic acids is 1. The van der Waals surface area contributed by atoms with Crippen molar-refractivity contribution in [2.75, 3.05) is 5.32 Å². The van der Waals surface area contributed by atoms with E-state index in [0.717, 1.165) is 6.07 Å². The molecule has 0 aliphatic carbocycles. The maximum Gasteiger partial charge on any atom is 0.573 e. The third-order valence-corrected chi connectivity index (χ3v) is 2.23. The Hall–Kier alpha value is -1.98. The van der Waals surface area contributed by atoms with Crippen LogP contribution in [0.15, 0.2) is 35.9 Å². The van der Waals surface area contributed by atoms with Crippen molar-refractivity contribution in [1.82, 2.24) is 0 Å². The maximum atomic E-state index is 12.2. The van der Waals surface area contributed by atoms with Gasteiger partial charge in [0.05, 0.1) is 5.69 Å². The molecule has 0 atom stereocenters. The van der Waals surface area contributed by atoms with Crippen LogP contribution >= 0.6 is 0 Å². The molecule has 0 heterocycles. The van der Waals surface area contributed by atoms with E-state index < -0.39 is 18.0 Å². The first-order valence-corrected chi connectivity index (χ1v) is 5.66. The zero-order valence-electron chi connectivity index (χ0n) is 10.5. The Labute approximate surface area is 109 Å². The minimum absolute atomic E-state index is 0.0197.